The highest BCUT2D eigenvalue weighted by Gasteiger charge is 2.23. The fraction of sp³-hybridized carbons (Fsp3) is 0.500. The summed E-state index contributed by atoms with van der Waals surface area (Å²) in [5.41, 5.74) is -0.318. The van der Waals surface area contributed by atoms with Crippen LogP contribution < -0.4 is 10.6 Å². The molecule has 0 bridgehead atoms. The minimum atomic E-state index is -0.618. The van der Waals surface area contributed by atoms with Crippen molar-refractivity contribution in [2.24, 2.45) is 0 Å². The van der Waals surface area contributed by atoms with Crippen molar-refractivity contribution in [2.45, 2.75) is 18.9 Å². The van der Waals surface area contributed by atoms with Crippen LogP contribution in [0.15, 0.2) is 12.3 Å². The molecule has 1 aromatic rings. The molecule has 0 aliphatic carbocycles. The highest BCUT2D eigenvalue weighted by atomic mass is 16.6. The first kappa shape index (κ1) is 14.2. The Kier molecular flexibility index (Phi) is 4.46. The smallest absolute Gasteiger partial charge is 0.300 e. The molecule has 0 saturated carbocycles. The molecule has 1 saturated heterocycles. The van der Waals surface area contributed by atoms with Gasteiger partial charge in [0.2, 0.25) is 0 Å². The minimum Gasteiger partial charge on any atom is -0.376 e. The van der Waals surface area contributed by atoms with Crippen LogP contribution in [0.4, 0.5) is 11.5 Å². The van der Waals surface area contributed by atoms with Crippen LogP contribution in [0.25, 0.3) is 0 Å². The minimum absolute atomic E-state index is 0.00709. The number of carbonyl (C=O) groups is 1. The van der Waals surface area contributed by atoms with Gasteiger partial charge in [-0.3, -0.25) is 14.9 Å². The van der Waals surface area contributed by atoms with Crippen molar-refractivity contribution in [3.05, 3.63) is 27.9 Å². The molecule has 0 aromatic carbocycles. The van der Waals surface area contributed by atoms with Gasteiger partial charge in [-0.15, -0.1) is 0 Å². The van der Waals surface area contributed by atoms with Crippen LogP contribution >= 0.6 is 0 Å². The number of anilines is 1. The van der Waals surface area contributed by atoms with E-state index in [9.17, 15) is 14.9 Å². The van der Waals surface area contributed by atoms with Gasteiger partial charge in [-0.1, -0.05) is 0 Å². The third-order valence-corrected chi connectivity index (χ3v) is 3.09. The van der Waals surface area contributed by atoms with Crippen molar-refractivity contribution >= 4 is 17.4 Å². The Hall–Kier alpha value is -2.22. The van der Waals surface area contributed by atoms with E-state index in [-0.39, 0.29) is 17.4 Å². The number of hydrogen-bond acceptors (Lipinski definition) is 6. The third kappa shape index (κ3) is 3.21. The molecule has 1 unspecified atom stereocenters. The SMILES string of the molecule is CNc1cc(C(=O)NCC2CCCO2)c([N+](=O)[O-])cn1. The highest BCUT2D eigenvalue weighted by molar-refractivity contribution is 5.98. The van der Waals surface area contributed by atoms with Gasteiger partial charge in [-0.25, -0.2) is 4.98 Å². The van der Waals surface area contributed by atoms with Crippen LogP contribution in [-0.4, -0.2) is 42.1 Å². The maximum atomic E-state index is 12.1. The molecule has 1 aliphatic heterocycles. The van der Waals surface area contributed by atoms with Gasteiger partial charge in [0.05, 0.1) is 11.0 Å². The van der Waals surface area contributed by atoms with Crippen LogP contribution in [0, 0.1) is 10.1 Å². The quantitative estimate of drug-likeness (QED) is 0.614. The Morgan fingerprint density at radius 2 is 2.45 bits per heavy atom. The Morgan fingerprint density at radius 3 is 3.05 bits per heavy atom. The topological polar surface area (TPSA) is 106 Å². The maximum absolute atomic E-state index is 12.1. The second kappa shape index (κ2) is 6.29. The highest BCUT2D eigenvalue weighted by Crippen LogP contribution is 2.20. The number of carbonyl (C=O) groups excluding carboxylic acids is 1. The van der Waals surface area contributed by atoms with E-state index >= 15 is 0 Å². The zero-order valence-electron chi connectivity index (χ0n) is 11.1. The standard InChI is InChI=1S/C12H16N4O4/c1-13-11-5-9(10(7-14-11)16(18)19)12(17)15-6-8-3-2-4-20-8/h5,7-8H,2-4,6H2,1H3,(H,13,14)(H,15,17). The summed E-state index contributed by atoms with van der Waals surface area (Å²) < 4.78 is 5.39. The number of nitrogens with one attached hydrogen (secondary N) is 2. The van der Waals surface area contributed by atoms with E-state index in [1.165, 1.54) is 6.07 Å². The molecule has 1 amide bonds. The number of hydrogen-bond donors (Lipinski definition) is 2. The van der Waals surface area contributed by atoms with Crippen molar-refractivity contribution in [1.82, 2.24) is 10.3 Å². The molecule has 1 aromatic heterocycles. The predicted octanol–water partition coefficient (Wildman–Crippen LogP) is 0.940. The van der Waals surface area contributed by atoms with E-state index in [0.717, 1.165) is 19.0 Å². The van der Waals surface area contributed by atoms with Crippen molar-refractivity contribution in [1.29, 1.82) is 0 Å². The first-order valence-electron chi connectivity index (χ1n) is 6.34. The van der Waals surface area contributed by atoms with Crippen LogP contribution in [0.2, 0.25) is 0 Å². The number of amides is 1. The number of nitrogens with zero attached hydrogens (tertiary/aromatic N) is 2. The monoisotopic (exact) mass is 280 g/mol. The molecule has 1 aliphatic rings. The molecule has 1 fully saturated rings. The van der Waals surface area contributed by atoms with Gasteiger partial charge >= 0.3 is 0 Å². The fourth-order valence-corrected chi connectivity index (χ4v) is 2.02. The average molecular weight is 280 g/mol. The van der Waals surface area contributed by atoms with Gasteiger partial charge in [0.15, 0.2) is 0 Å². The van der Waals surface area contributed by atoms with E-state index in [2.05, 4.69) is 15.6 Å². The van der Waals surface area contributed by atoms with Crippen LogP contribution in [0.1, 0.15) is 23.2 Å². The van der Waals surface area contributed by atoms with E-state index in [0.29, 0.717) is 19.0 Å². The number of ether oxygens (including phenoxy) is 1. The largest absolute Gasteiger partial charge is 0.376 e. The lowest BCUT2D eigenvalue weighted by atomic mass is 10.2. The Labute approximate surface area is 115 Å². The second-order valence-electron chi connectivity index (χ2n) is 4.44. The lowest BCUT2D eigenvalue weighted by Crippen LogP contribution is -2.32. The first-order valence-corrected chi connectivity index (χ1v) is 6.34. The van der Waals surface area contributed by atoms with Crippen molar-refractivity contribution in [3.63, 3.8) is 0 Å². The summed E-state index contributed by atoms with van der Waals surface area (Å²) in [5.74, 6) is -0.0935. The molecule has 8 nitrogen and oxygen atoms in total. The summed E-state index contributed by atoms with van der Waals surface area (Å²) in [4.78, 5) is 26.2. The van der Waals surface area contributed by atoms with E-state index in [4.69, 9.17) is 4.74 Å². The summed E-state index contributed by atoms with van der Waals surface area (Å²) in [7, 11) is 1.63. The molecule has 108 valence electrons. The van der Waals surface area contributed by atoms with E-state index < -0.39 is 10.8 Å². The number of rotatable bonds is 5. The third-order valence-electron chi connectivity index (χ3n) is 3.09. The van der Waals surface area contributed by atoms with Crippen LogP contribution in [0.3, 0.4) is 0 Å². The second-order valence-corrected chi connectivity index (χ2v) is 4.44. The molecular formula is C12H16N4O4. The van der Waals surface area contributed by atoms with Crippen molar-refractivity contribution < 1.29 is 14.5 Å². The molecular weight excluding hydrogens is 264 g/mol. The zero-order chi connectivity index (χ0) is 14.5. The maximum Gasteiger partial charge on any atom is 0.300 e. The molecule has 20 heavy (non-hydrogen) atoms. The first-order chi connectivity index (χ1) is 9.61. The van der Waals surface area contributed by atoms with Gasteiger partial charge in [0, 0.05) is 26.3 Å². The zero-order valence-corrected chi connectivity index (χ0v) is 11.1. The summed E-state index contributed by atoms with van der Waals surface area (Å²) >= 11 is 0. The van der Waals surface area contributed by atoms with E-state index in [1.807, 2.05) is 0 Å². The summed E-state index contributed by atoms with van der Waals surface area (Å²) in [6, 6.07) is 1.36. The Balaban J connectivity index is 2.11. The lowest BCUT2D eigenvalue weighted by Gasteiger charge is -2.11. The molecule has 8 heteroatoms. The van der Waals surface area contributed by atoms with Gasteiger partial charge in [0.1, 0.15) is 17.6 Å². The Bertz CT molecular complexity index is 514. The van der Waals surface area contributed by atoms with Crippen molar-refractivity contribution in [2.75, 3.05) is 25.5 Å². The Morgan fingerprint density at radius 1 is 1.65 bits per heavy atom. The van der Waals surface area contributed by atoms with Gasteiger partial charge in [-0.05, 0) is 12.8 Å². The molecule has 1 atom stereocenters. The van der Waals surface area contributed by atoms with Crippen LogP contribution in [-0.2, 0) is 4.74 Å². The fourth-order valence-electron chi connectivity index (χ4n) is 2.02. The number of nitro groups is 1. The van der Waals surface area contributed by atoms with Crippen molar-refractivity contribution in [3.8, 4) is 0 Å². The summed E-state index contributed by atoms with van der Waals surface area (Å²) in [6.45, 7) is 1.05. The summed E-state index contributed by atoms with van der Waals surface area (Å²) in [5, 5.41) is 16.3. The summed E-state index contributed by atoms with van der Waals surface area (Å²) in [6.07, 6.45) is 2.93. The van der Waals surface area contributed by atoms with Gasteiger partial charge in [0.25, 0.3) is 11.6 Å². The normalized spacial score (nSPS) is 17.8. The van der Waals surface area contributed by atoms with Gasteiger partial charge in [-0.2, -0.15) is 0 Å². The average Bonchev–Trinajstić information content (AvgIpc) is 2.97. The van der Waals surface area contributed by atoms with Gasteiger partial charge < -0.3 is 15.4 Å². The predicted molar refractivity (Wildman–Crippen MR) is 71.7 cm³/mol. The van der Waals surface area contributed by atoms with Crippen LogP contribution in [0.5, 0.6) is 0 Å². The molecule has 0 spiro atoms. The number of pyridine rings is 1. The number of aromatic nitrogens is 1. The van der Waals surface area contributed by atoms with E-state index in [1.54, 1.807) is 7.05 Å². The molecule has 2 N–H and O–H groups in total. The lowest BCUT2D eigenvalue weighted by molar-refractivity contribution is -0.385. The molecule has 2 rings (SSSR count). The molecule has 0 radical (unpaired) electrons. The molecule has 2 heterocycles.